The van der Waals surface area contributed by atoms with Crippen LogP contribution in [-0.4, -0.2) is 87.9 Å². The standard InChI is InChI=1S/C37H44N12O5/c1-6-49-30(15-24(2)45-49)36(52)42-23-46(33-28(40-3)18-26(35(39)51)19-31(33)53-5)11-7-8-13-48-34-29(44-37(48)41-4)16-25(22-50)17-32(34)54-14-10-9-12-47-21-27(38)20-43-47/h7-10,15-22H,3,6,11-14,23,38H2,1-2,4-5H3,(H2,39,51)(H,41,44)(H,42,52)/b8-7+,10-9+. The van der Waals surface area contributed by atoms with E-state index in [9.17, 15) is 14.4 Å². The number of fused-ring (bicyclic) bond motifs is 1. The predicted octanol–water partition coefficient (Wildman–Crippen LogP) is 3.72. The van der Waals surface area contributed by atoms with E-state index in [1.807, 2.05) is 47.6 Å². The molecule has 282 valence electrons. The molecule has 0 aliphatic rings. The van der Waals surface area contributed by atoms with Gasteiger partial charge in [-0.05, 0) is 57.0 Å². The van der Waals surface area contributed by atoms with Gasteiger partial charge in [0.15, 0.2) is 0 Å². The van der Waals surface area contributed by atoms with Crippen molar-refractivity contribution in [2.75, 3.05) is 49.9 Å². The molecule has 17 heteroatoms. The van der Waals surface area contributed by atoms with Gasteiger partial charge in [0.2, 0.25) is 11.9 Å². The molecule has 0 radical (unpaired) electrons. The Morgan fingerprint density at radius 2 is 1.89 bits per heavy atom. The molecule has 0 unspecified atom stereocenters. The number of hydrogen-bond donors (Lipinski definition) is 4. The van der Waals surface area contributed by atoms with Gasteiger partial charge in [0.1, 0.15) is 41.3 Å². The number of methoxy groups -OCH3 is 1. The van der Waals surface area contributed by atoms with E-state index in [0.717, 1.165) is 12.0 Å². The van der Waals surface area contributed by atoms with Crippen LogP contribution in [0.5, 0.6) is 11.5 Å². The average Bonchev–Trinajstić information content (AvgIpc) is 3.88. The van der Waals surface area contributed by atoms with Gasteiger partial charge in [0.25, 0.3) is 5.91 Å². The average molecular weight is 737 g/mol. The molecule has 2 amide bonds. The largest absolute Gasteiger partial charge is 0.494 e. The van der Waals surface area contributed by atoms with Crippen molar-refractivity contribution in [1.29, 1.82) is 0 Å². The van der Waals surface area contributed by atoms with Crippen LogP contribution in [0, 0.1) is 6.92 Å². The van der Waals surface area contributed by atoms with Gasteiger partial charge in [-0.3, -0.25) is 28.7 Å². The van der Waals surface area contributed by atoms with Gasteiger partial charge in [-0.15, -0.1) is 0 Å². The SMILES string of the molecule is C=Nc1cc(C(N)=O)cc(OC)c1N(C/C=C/Cn1c(NC)nc2cc(C=O)cc(OC/C=C/Cn3cc(N)cn3)c21)CNC(=O)c1cc(C)nn1CC. The van der Waals surface area contributed by atoms with Gasteiger partial charge < -0.3 is 41.0 Å². The zero-order chi connectivity index (χ0) is 38.8. The van der Waals surface area contributed by atoms with E-state index in [0.29, 0.717) is 76.4 Å². The molecule has 2 aromatic carbocycles. The van der Waals surface area contributed by atoms with E-state index < -0.39 is 5.91 Å². The topological polar surface area (TPSA) is 215 Å². The molecule has 6 N–H and O–H groups in total. The number of aliphatic imine (C=N–C) groups is 1. The molecule has 3 aromatic heterocycles. The van der Waals surface area contributed by atoms with Crippen LogP contribution in [0.25, 0.3) is 11.0 Å². The number of primary amides is 1. The lowest BCUT2D eigenvalue weighted by Gasteiger charge is -2.27. The summed E-state index contributed by atoms with van der Waals surface area (Å²) in [6.07, 6.45) is 11.7. The lowest BCUT2D eigenvalue weighted by molar-refractivity contribution is 0.0941. The first-order valence-corrected chi connectivity index (χ1v) is 17.0. The maximum atomic E-state index is 13.4. The van der Waals surface area contributed by atoms with Crippen LogP contribution < -0.4 is 36.5 Å². The summed E-state index contributed by atoms with van der Waals surface area (Å²) in [5, 5.41) is 14.7. The number of aryl methyl sites for hydroxylation is 2. The maximum Gasteiger partial charge on any atom is 0.270 e. The second kappa shape index (κ2) is 17.5. The Bertz CT molecular complexity index is 2210. The summed E-state index contributed by atoms with van der Waals surface area (Å²) in [7, 11) is 3.23. The quantitative estimate of drug-likeness (QED) is 0.0415. The fourth-order valence-electron chi connectivity index (χ4n) is 5.84. The number of imidazole rings is 1. The molecule has 0 saturated heterocycles. The van der Waals surface area contributed by atoms with E-state index >= 15 is 0 Å². The molecule has 3 heterocycles. The molecule has 0 bridgehead atoms. The van der Waals surface area contributed by atoms with Crippen LogP contribution in [-0.2, 0) is 19.6 Å². The van der Waals surface area contributed by atoms with Gasteiger partial charge in [-0.25, -0.2) is 4.98 Å². The highest BCUT2D eigenvalue weighted by Gasteiger charge is 2.21. The van der Waals surface area contributed by atoms with Crippen LogP contribution in [0.2, 0.25) is 0 Å². The van der Waals surface area contributed by atoms with E-state index in [-0.39, 0.29) is 31.3 Å². The first kappa shape index (κ1) is 38.3. The number of nitrogen functional groups attached to an aromatic ring is 1. The third-order valence-corrected chi connectivity index (χ3v) is 8.33. The van der Waals surface area contributed by atoms with Crippen molar-refractivity contribution in [1.82, 2.24) is 34.4 Å². The normalized spacial score (nSPS) is 11.3. The fourth-order valence-corrected chi connectivity index (χ4v) is 5.84. The third-order valence-electron chi connectivity index (χ3n) is 8.33. The minimum atomic E-state index is -0.653. The Hall–Kier alpha value is -6.91. The number of hydrogen-bond acceptors (Lipinski definition) is 12. The number of allylic oxidation sites excluding steroid dienone is 2. The number of nitrogens with two attached hydrogens (primary N) is 2. The van der Waals surface area contributed by atoms with Crippen molar-refractivity contribution in [2.45, 2.75) is 33.5 Å². The first-order valence-electron chi connectivity index (χ1n) is 17.0. The molecular weight excluding hydrogens is 692 g/mol. The molecule has 0 spiro atoms. The monoisotopic (exact) mass is 736 g/mol. The minimum absolute atomic E-state index is 0.0371. The van der Waals surface area contributed by atoms with Crippen LogP contribution in [0.1, 0.15) is 43.8 Å². The molecule has 54 heavy (non-hydrogen) atoms. The van der Waals surface area contributed by atoms with Gasteiger partial charge in [0.05, 0.1) is 49.1 Å². The van der Waals surface area contributed by atoms with Crippen molar-refractivity contribution < 1.29 is 23.9 Å². The lowest BCUT2D eigenvalue weighted by Crippen LogP contribution is -2.39. The second-order valence-corrected chi connectivity index (χ2v) is 12.0. The van der Waals surface area contributed by atoms with Gasteiger partial charge in [-0.1, -0.05) is 18.2 Å². The van der Waals surface area contributed by atoms with Crippen LogP contribution >= 0.6 is 0 Å². The Kier molecular flexibility index (Phi) is 12.4. The highest BCUT2D eigenvalue weighted by molar-refractivity contribution is 5.97. The highest BCUT2D eigenvalue weighted by atomic mass is 16.5. The number of rotatable bonds is 19. The summed E-state index contributed by atoms with van der Waals surface area (Å²) >= 11 is 0. The molecule has 0 aliphatic heterocycles. The van der Waals surface area contributed by atoms with Gasteiger partial charge in [0, 0.05) is 44.0 Å². The van der Waals surface area contributed by atoms with Crippen molar-refractivity contribution in [3.05, 3.63) is 89.5 Å². The number of nitrogens with one attached hydrogen (secondary N) is 2. The molecular formula is C37H44N12O5. The van der Waals surface area contributed by atoms with Gasteiger partial charge in [-0.2, -0.15) is 10.2 Å². The van der Waals surface area contributed by atoms with Crippen molar-refractivity contribution in [3.8, 4) is 11.5 Å². The molecule has 17 nitrogen and oxygen atoms in total. The summed E-state index contributed by atoms with van der Waals surface area (Å²) in [5.74, 6) is 0.387. The zero-order valence-corrected chi connectivity index (χ0v) is 30.7. The number of carbonyl (C=O) groups is 3. The molecule has 5 rings (SSSR count). The Balaban J connectivity index is 1.42. The smallest absolute Gasteiger partial charge is 0.270 e. The minimum Gasteiger partial charge on any atom is -0.494 e. The highest BCUT2D eigenvalue weighted by Crippen LogP contribution is 2.39. The van der Waals surface area contributed by atoms with Crippen molar-refractivity contribution in [2.24, 2.45) is 10.7 Å². The predicted molar refractivity (Wildman–Crippen MR) is 208 cm³/mol. The Labute approximate surface area is 311 Å². The van der Waals surface area contributed by atoms with Crippen LogP contribution in [0.4, 0.5) is 23.0 Å². The molecule has 0 saturated carbocycles. The first-order chi connectivity index (χ1) is 26.1. The third kappa shape index (κ3) is 8.75. The number of anilines is 3. The number of ether oxygens (including phenoxy) is 2. The molecule has 0 fully saturated rings. The summed E-state index contributed by atoms with van der Waals surface area (Å²) in [5.41, 5.74) is 15.8. The van der Waals surface area contributed by atoms with Crippen molar-refractivity contribution in [3.63, 3.8) is 0 Å². The maximum absolute atomic E-state index is 13.4. The summed E-state index contributed by atoms with van der Waals surface area (Å²) < 4.78 is 17.1. The zero-order valence-electron chi connectivity index (χ0n) is 30.7. The summed E-state index contributed by atoms with van der Waals surface area (Å²) in [6.45, 7) is 9.38. The van der Waals surface area contributed by atoms with E-state index in [1.165, 1.54) is 19.2 Å². The second-order valence-electron chi connectivity index (χ2n) is 12.0. The van der Waals surface area contributed by atoms with E-state index in [1.54, 1.807) is 47.0 Å². The van der Waals surface area contributed by atoms with Crippen molar-refractivity contribution >= 4 is 58.9 Å². The Morgan fingerprint density at radius 1 is 1.09 bits per heavy atom. The molecule has 0 atom stereocenters. The number of benzene rings is 2. The van der Waals surface area contributed by atoms with Crippen LogP contribution in [0.3, 0.4) is 0 Å². The summed E-state index contributed by atoms with van der Waals surface area (Å²) in [6, 6.07) is 8.16. The van der Waals surface area contributed by atoms with E-state index in [4.69, 9.17) is 25.9 Å². The number of aromatic nitrogens is 6. The fraction of sp³-hybridized carbons (Fsp3) is 0.270. The molecule has 5 aromatic rings. The number of carbonyl (C=O) groups excluding carboxylic acids is 3. The lowest BCUT2D eigenvalue weighted by atomic mass is 10.1. The summed E-state index contributed by atoms with van der Waals surface area (Å²) in [4.78, 5) is 48.0. The van der Waals surface area contributed by atoms with Gasteiger partial charge >= 0.3 is 0 Å². The number of amides is 2. The number of aldehydes is 1. The van der Waals surface area contributed by atoms with Crippen LogP contribution in [0.15, 0.2) is 72.0 Å². The number of nitrogens with zero attached hydrogens (tertiary/aromatic N) is 8. The Morgan fingerprint density at radius 3 is 2.56 bits per heavy atom. The van der Waals surface area contributed by atoms with E-state index in [2.05, 4.69) is 32.5 Å². The molecule has 0 aliphatic carbocycles.